The van der Waals surface area contributed by atoms with Crippen LogP contribution >= 0.6 is 23.2 Å². The molecule has 5 heteroatoms. The van der Waals surface area contributed by atoms with Crippen LogP contribution in [0.1, 0.15) is 18.9 Å². The molecule has 0 spiro atoms. The van der Waals surface area contributed by atoms with Crippen LogP contribution in [0.3, 0.4) is 0 Å². The van der Waals surface area contributed by atoms with E-state index in [0.29, 0.717) is 29.6 Å². The lowest BCUT2D eigenvalue weighted by atomic mass is 10.1. The fourth-order valence-electron chi connectivity index (χ4n) is 1.75. The molecule has 18 heavy (non-hydrogen) atoms. The summed E-state index contributed by atoms with van der Waals surface area (Å²) in [7, 11) is 1.76. The van der Waals surface area contributed by atoms with Gasteiger partial charge in [-0.1, -0.05) is 42.3 Å². The number of amides is 1. The van der Waals surface area contributed by atoms with Crippen LogP contribution in [0.4, 0.5) is 0 Å². The third kappa shape index (κ3) is 3.87. The molecule has 0 heterocycles. The van der Waals surface area contributed by atoms with E-state index >= 15 is 0 Å². The summed E-state index contributed by atoms with van der Waals surface area (Å²) >= 11 is 12.0. The number of benzene rings is 1. The second kappa shape index (κ2) is 6.98. The molecular formula is C13H18Cl2N2O. The van der Waals surface area contributed by atoms with E-state index in [2.05, 4.69) is 0 Å². The molecule has 0 aliphatic carbocycles. The maximum absolute atomic E-state index is 12.0. The molecule has 1 aromatic carbocycles. The van der Waals surface area contributed by atoms with Gasteiger partial charge < -0.3 is 10.6 Å². The van der Waals surface area contributed by atoms with Gasteiger partial charge in [-0.2, -0.15) is 0 Å². The highest BCUT2D eigenvalue weighted by Crippen LogP contribution is 2.26. The van der Waals surface area contributed by atoms with Crippen LogP contribution in [0.5, 0.6) is 0 Å². The minimum Gasteiger partial charge on any atom is -0.341 e. The molecule has 0 aliphatic rings. The Labute approximate surface area is 118 Å². The van der Waals surface area contributed by atoms with E-state index in [0.717, 1.165) is 5.56 Å². The fraction of sp³-hybridized carbons (Fsp3) is 0.462. The summed E-state index contributed by atoms with van der Waals surface area (Å²) in [5.41, 5.74) is 6.30. The van der Waals surface area contributed by atoms with Crippen molar-refractivity contribution in [2.75, 3.05) is 13.6 Å². The van der Waals surface area contributed by atoms with Gasteiger partial charge in [0, 0.05) is 19.5 Å². The van der Waals surface area contributed by atoms with E-state index in [1.54, 1.807) is 18.0 Å². The first-order chi connectivity index (χ1) is 8.47. The maximum atomic E-state index is 12.0. The van der Waals surface area contributed by atoms with E-state index in [-0.39, 0.29) is 11.8 Å². The van der Waals surface area contributed by atoms with Gasteiger partial charge in [0.25, 0.3) is 0 Å². The quantitative estimate of drug-likeness (QED) is 0.906. The largest absolute Gasteiger partial charge is 0.341 e. The van der Waals surface area contributed by atoms with Crippen LogP contribution in [-0.2, 0) is 11.3 Å². The highest BCUT2D eigenvalue weighted by molar-refractivity contribution is 6.42. The Morgan fingerprint density at radius 2 is 2.11 bits per heavy atom. The molecule has 0 bridgehead atoms. The summed E-state index contributed by atoms with van der Waals surface area (Å²) in [6, 6.07) is 5.42. The van der Waals surface area contributed by atoms with Gasteiger partial charge in [0.05, 0.1) is 10.0 Å². The molecule has 100 valence electrons. The SMILES string of the molecule is CC(CCN)C(=O)N(C)Cc1cccc(Cl)c1Cl. The number of nitrogens with zero attached hydrogens (tertiary/aromatic N) is 1. The topological polar surface area (TPSA) is 46.3 Å². The van der Waals surface area contributed by atoms with Gasteiger partial charge >= 0.3 is 0 Å². The number of carbonyl (C=O) groups is 1. The van der Waals surface area contributed by atoms with Crippen LogP contribution in [0.15, 0.2) is 18.2 Å². The van der Waals surface area contributed by atoms with Crippen molar-refractivity contribution >= 4 is 29.1 Å². The lowest BCUT2D eigenvalue weighted by Gasteiger charge is -2.22. The first-order valence-electron chi connectivity index (χ1n) is 5.85. The zero-order valence-electron chi connectivity index (χ0n) is 10.6. The van der Waals surface area contributed by atoms with Gasteiger partial charge in [0.15, 0.2) is 0 Å². The predicted molar refractivity (Wildman–Crippen MR) is 75.8 cm³/mol. The van der Waals surface area contributed by atoms with E-state index in [1.165, 1.54) is 0 Å². The molecule has 2 N–H and O–H groups in total. The number of hydrogen-bond donors (Lipinski definition) is 1. The van der Waals surface area contributed by atoms with Crippen molar-refractivity contribution in [3.05, 3.63) is 33.8 Å². The summed E-state index contributed by atoms with van der Waals surface area (Å²) in [5, 5.41) is 1.01. The first-order valence-corrected chi connectivity index (χ1v) is 6.61. The number of carbonyl (C=O) groups excluding carboxylic acids is 1. The molecule has 0 fully saturated rings. The van der Waals surface area contributed by atoms with E-state index in [9.17, 15) is 4.79 Å². The van der Waals surface area contributed by atoms with Crippen molar-refractivity contribution in [3.8, 4) is 0 Å². The Morgan fingerprint density at radius 3 is 2.72 bits per heavy atom. The van der Waals surface area contributed by atoms with Crippen LogP contribution in [-0.4, -0.2) is 24.4 Å². The van der Waals surface area contributed by atoms with Crippen molar-refractivity contribution < 1.29 is 4.79 Å². The fourth-order valence-corrected chi connectivity index (χ4v) is 2.13. The monoisotopic (exact) mass is 288 g/mol. The smallest absolute Gasteiger partial charge is 0.225 e. The zero-order valence-corrected chi connectivity index (χ0v) is 12.1. The normalized spacial score (nSPS) is 12.3. The number of nitrogens with two attached hydrogens (primary N) is 1. The lowest BCUT2D eigenvalue weighted by molar-refractivity contribution is -0.134. The molecule has 1 amide bonds. The molecule has 0 aliphatic heterocycles. The average molecular weight is 289 g/mol. The van der Waals surface area contributed by atoms with Crippen LogP contribution in [0.25, 0.3) is 0 Å². The summed E-state index contributed by atoms with van der Waals surface area (Å²) in [4.78, 5) is 13.7. The van der Waals surface area contributed by atoms with Crippen molar-refractivity contribution in [3.63, 3.8) is 0 Å². The molecule has 1 rings (SSSR count). The van der Waals surface area contributed by atoms with Crippen molar-refractivity contribution in [2.45, 2.75) is 19.9 Å². The second-order valence-electron chi connectivity index (χ2n) is 4.39. The number of rotatable bonds is 5. The van der Waals surface area contributed by atoms with Crippen molar-refractivity contribution in [2.24, 2.45) is 11.7 Å². The predicted octanol–water partition coefficient (Wildman–Crippen LogP) is 2.94. The molecular weight excluding hydrogens is 271 g/mol. The molecule has 1 atom stereocenters. The highest BCUT2D eigenvalue weighted by Gasteiger charge is 2.17. The van der Waals surface area contributed by atoms with E-state index < -0.39 is 0 Å². The summed E-state index contributed by atoms with van der Waals surface area (Å²) < 4.78 is 0. The minimum atomic E-state index is -0.0713. The van der Waals surface area contributed by atoms with Gasteiger partial charge in [-0.25, -0.2) is 0 Å². The third-order valence-corrected chi connectivity index (χ3v) is 3.69. The Balaban J connectivity index is 2.72. The van der Waals surface area contributed by atoms with Gasteiger partial charge in [0.2, 0.25) is 5.91 Å². The van der Waals surface area contributed by atoms with Gasteiger partial charge in [0.1, 0.15) is 0 Å². The minimum absolute atomic E-state index is 0.0662. The van der Waals surface area contributed by atoms with E-state index in [4.69, 9.17) is 28.9 Å². The van der Waals surface area contributed by atoms with E-state index in [1.807, 2.05) is 19.1 Å². The van der Waals surface area contributed by atoms with Gasteiger partial charge in [-0.15, -0.1) is 0 Å². The Morgan fingerprint density at radius 1 is 1.44 bits per heavy atom. The Hall–Kier alpha value is -0.770. The first kappa shape index (κ1) is 15.3. The molecule has 0 saturated carbocycles. The molecule has 0 radical (unpaired) electrons. The highest BCUT2D eigenvalue weighted by atomic mass is 35.5. The summed E-state index contributed by atoms with van der Waals surface area (Å²) in [5.74, 6) is -0.00514. The molecule has 1 unspecified atom stereocenters. The lowest BCUT2D eigenvalue weighted by Crippen LogP contribution is -2.32. The van der Waals surface area contributed by atoms with Crippen LogP contribution < -0.4 is 5.73 Å². The standard InChI is InChI=1S/C13H18Cl2N2O/c1-9(6-7-16)13(18)17(2)8-10-4-3-5-11(14)12(10)15/h3-5,9H,6-8,16H2,1-2H3. The van der Waals surface area contributed by atoms with Crippen LogP contribution in [0.2, 0.25) is 10.0 Å². The molecule has 0 saturated heterocycles. The summed E-state index contributed by atoms with van der Waals surface area (Å²) in [6.07, 6.45) is 0.687. The Kier molecular flexibility index (Phi) is 5.93. The second-order valence-corrected chi connectivity index (χ2v) is 5.17. The van der Waals surface area contributed by atoms with Crippen LogP contribution in [0, 0.1) is 5.92 Å². The van der Waals surface area contributed by atoms with Crippen molar-refractivity contribution in [1.82, 2.24) is 4.90 Å². The molecule has 1 aromatic rings. The van der Waals surface area contributed by atoms with Crippen molar-refractivity contribution in [1.29, 1.82) is 0 Å². The summed E-state index contributed by atoms with van der Waals surface area (Å²) in [6.45, 7) is 2.84. The maximum Gasteiger partial charge on any atom is 0.225 e. The zero-order chi connectivity index (χ0) is 13.7. The van der Waals surface area contributed by atoms with Gasteiger partial charge in [-0.3, -0.25) is 4.79 Å². The third-order valence-electron chi connectivity index (χ3n) is 2.84. The Bertz CT molecular complexity index is 423. The van der Waals surface area contributed by atoms with Gasteiger partial charge in [-0.05, 0) is 24.6 Å². The average Bonchev–Trinajstić information content (AvgIpc) is 2.34. The number of halogens is 2. The number of hydrogen-bond acceptors (Lipinski definition) is 2. The molecule has 0 aromatic heterocycles. The molecule has 3 nitrogen and oxygen atoms in total.